The van der Waals surface area contributed by atoms with E-state index in [1.807, 2.05) is 6.92 Å². The van der Waals surface area contributed by atoms with Gasteiger partial charge in [0.1, 0.15) is 0 Å². The van der Waals surface area contributed by atoms with Gasteiger partial charge in [0, 0.05) is 13.1 Å². The lowest BCUT2D eigenvalue weighted by molar-refractivity contribution is 0.0757. The van der Waals surface area contributed by atoms with E-state index in [1.165, 1.54) is 6.07 Å². The van der Waals surface area contributed by atoms with Gasteiger partial charge in [0.15, 0.2) is 0 Å². The Morgan fingerprint density at radius 2 is 1.75 bits per heavy atom. The van der Waals surface area contributed by atoms with Crippen molar-refractivity contribution in [3.63, 3.8) is 0 Å². The van der Waals surface area contributed by atoms with Gasteiger partial charge >= 0.3 is 0 Å². The van der Waals surface area contributed by atoms with Crippen LogP contribution in [0.1, 0.15) is 41.6 Å². The zero-order chi connectivity index (χ0) is 14.8. The third-order valence-electron chi connectivity index (χ3n) is 3.57. The van der Waals surface area contributed by atoms with E-state index in [4.69, 9.17) is 5.14 Å². The summed E-state index contributed by atoms with van der Waals surface area (Å²) >= 11 is 0. The number of nitrogens with zero attached hydrogens (tertiary/aromatic N) is 1. The first-order valence-corrected chi connectivity index (χ1v) is 8.37. The summed E-state index contributed by atoms with van der Waals surface area (Å²) in [6.45, 7) is 3.18. The molecule has 1 saturated heterocycles. The molecule has 0 aromatic heterocycles. The van der Waals surface area contributed by atoms with Crippen molar-refractivity contribution < 1.29 is 13.2 Å². The Hall–Kier alpha value is -1.40. The zero-order valence-electron chi connectivity index (χ0n) is 11.6. The Kier molecular flexibility index (Phi) is 4.45. The molecule has 1 aromatic rings. The fraction of sp³-hybridized carbons (Fsp3) is 0.500. The SMILES string of the molecule is Cc1ccc(S(N)(=O)=O)c(C(=O)N2CCCCCC2)c1. The van der Waals surface area contributed by atoms with Gasteiger partial charge in [0.2, 0.25) is 10.0 Å². The maximum Gasteiger partial charge on any atom is 0.255 e. The van der Waals surface area contributed by atoms with Crippen molar-refractivity contribution in [2.24, 2.45) is 5.14 Å². The third kappa shape index (κ3) is 3.37. The molecule has 0 aliphatic carbocycles. The first-order valence-electron chi connectivity index (χ1n) is 6.82. The highest BCUT2D eigenvalue weighted by atomic mass is 32.2. The van der Waals surface area contributed by atoms with E-state index in [0.29, 0.717) is 13.1 Å². The standard InChI is InChI=1S/C14H20N2O3S/c1-11-6-7-13(20(15,18)19)12(10-11)14(17)16-8-4-2-3-5-9-16/h6-7,10H,2-5,8-9H2,1H3,(H2,15,18,19). The number of likely N-dealkylation sites (tertiary alicyclic amines) is 1. The molecule has 0 bridgehead atoms. The Morgan fingerprint density at radius 1 is 1.15 bits per heavy atom. The molecule has 20 heavy (non-hydrogen) atoms. The maximum absolute atomic E-state index is 12.6. The van der Waals surface area contributed by atoms with Crippen molar-refractivity contribution in [1.82, 2.24) is 4.90 Å². The lowest BCUT2D eigenvalue weighted by Crippen LogP contribution is -2.33. The summed E-state index contributed by atoms with van der Waals surface area (Å²) in [4.78, 5) is 14.2. The molecule has 0 spiro atoms. The number of aryl methyl sites for hydroxylation is 1. The summed E-state index contributed by atoms with van der Waals surface area (Å²) in [6.07, 6.45) is 4.14. The zero-order valence-corrected chi connectivity index (χ0v) is 12.4. The average Bonchev–Trinajstić information content (AvgIpc) is 2.65. The van der Waals surface area contributed by atoms with Crippen LogP contribution in [0.2, 0.25) is 0 Å². The van der Waals surface area contributed by atoms with Crippen LogP contribution in [0.25, 0.3) is 0 Å². The number of primary sulfonamides is 1. The summed E-state index contributed by atoms with van der Waals surface area (Å²) < 4.78 is 23.3. The van der Waals surface area contributed by atoms with Crippen molar-refractivity contribution in [1.29, 1.82) is 0 Å². The molecule has 0 atom stereocenters. The van der Waals surface area contributed by atoms with E-state index in [1.54, 1.807) is 17.0 Å². The highest BCUT2D eigenvalue weighted by molar-refractivity contribution is 7.89. The van der Waals surface area contributed by atoms with Crippen LogP contribution in [-0.2, 0) is 10.0 Å². The van der Waals surface area contributed by atoms with Crippen LogP contribution in [0.4, 0.5) is 0 Å². The Bertz CT molecular complexity index is 603. The van der Waals surface area contributed by atoms with Gasteiger partial charge in [-0.2, -0.15) is 0 Å². The van der Waals surface area contributed by atoms with Crippen LogP contribution in [0, 0.1) is 6.92 Å². The number of hydrogen-bond donors (Lipinski definition) is 1. The summed E-state index contributed by atoms with van der Waals surface area (Å²) in [6, 6.07) is 4.67. The van der Waals surface area contributed by atoms with Gasteiger partial charge in [-0.05, 0) is 31.9 Å². The molecular formula is C14H20N2O3S. The van der Waals surface area contributed by atoms with Gasteiger partial charge in [0.05, 0.1) is 10.5 Å². The molecule has 1 aromatic carbocycles. The van der Waals surface area contributed by atoms with Gasteiger partial charge in [-0.25, -0.2) is 13.6 Å². The second-order valence-electron chi connectivity index (χ2n) is 5.25. The van der Waals surface area contributed by atoms with Gasteiger partial charge < -0.3 is 4.90 Å². The van der Waals surface area contributed by atoms with E-state index >= 15 is 0 Å². The first-order chi connectivity index (χ1) is 9.39. The highest BCUT2D eigenvalue weighted by Crippen LogP contribution is 2.20. The quantitative estimate of drug-likeness (QED) is 0.901. The van der Waals surface area contributed by atoms with E-state index in [2.05, 4.69) is 0 Å². The van der Waals surface area contributed by atoms with E-state index in [9.17, 15) is 13.2 Å². The molecule has 2 rings (SSSR count). The topological polar surface area (TPSA) is 80.5 Å². The number of hydrogen-bond acceptors (Lipinski definition) is 3. The maximum atomic E-state index is 12.6. The number of carbonyl (C=O) groups excluding carboxylic acids is 1. The molecule has 1 amide bonds. The van der Waals surface area contributed by atoms with Crippen molar-refractivity contribution in [2.75, 3.05) is 13.1 Å². The Balaban J connectivity index is 2.40. The van der Waals surface area contributed by atoms with Gasteiger partial charge in [-0.1, -0.05) is 24.5 Å². The molecule has 1 fully saturated rings. The molecule has 6 heteroatoms. The molecule has 0 unspecified atom stereocenters. The van der Waals surface area contributed by atoms with Crippen molar-refractivity contribution >= 4 is 15.9 Å². The molecule has 110 valence electrons. The Labute approximate surface area is 119 Å². The van der Waals surface area contributed by atoms with E-state index < -0.39 is 10.0 Å². The summed E-state index contributed by atoms with van der Waals surface area (Å²) in [5.74, 6) is -0.236. The minimum atomic E-state index is -3.89. The lowest BCUT2D eigenvalue weighted by atomic mass is 10.1. The average molecular weight is 296 g/mol. The third-order valence-corrected chi connectivity index (χ3v) is 4.53. The predicted molar refractivity (Wildman–Crippen MR) is 76.9 cm³/mol. The van der Waals surface area contributed by atoms with Crippen molar-refractivity contribution in [3.8, 4) is 0 Å². The van der Waals surface area contributed by atoms with Crippen LogP contribution < -0.4 is 5.14 Å². The fourth-order valence-corrected chi connectivity index (χ4v) is 3.21. The van der Waals surface area contributed by atoms with E-state index in [-0.39, 0.29) is 16.4 Å². The van der Waals surface area contributed by atoms with Gasteiger partial charge in [0.25, 0.3) is 5.91 Å². The number of benzene rings is 1. The fourth-order valence-electron chi connectivity index (χ4n) is 2.50. The molecule has 5 nitrogen and oxygen atoms in total. The van der Waals surface area contributed by atoms with Crippen LogP contribution in [0.15, 0.2) is 23.1 Å². The molecule has 2 N–H and O–H groups in total. The number of amides is 1. The van der Waals surface area contributed by atoms with Gasteiger partial charge in [-0.15, -0.1) is 0 Å². The normalized spacial score (nSPS) is 16.8. The molecule has 1 aliphatic rings. The van der Waals surface area contributed by atoms with Crippen LogP contribution in [0.5, 0.6) is 0 Å². The molecule has 0 radical (unpaired) electrons. The van der Waals surface area contributed by atoms with Crippen molar-refractivity contribution in [2.45, 2.75) is 37.5 Å². The minimum Gasteiger partial charge on any atom is -0.339 e. The Morgan fingerprint density at radius 3 is 2.30 bits per heavy atom. The van der Waals surface area contributed by atoms with Crippen LogP contribution in [-0.4, -0.2) is 32.3 Å². The largest absolute Gasteiger partial charge is 0.339 e. The van der Waals surface area contributed by atoms with Crippen LogP contribution >= 0.6 is 0 Å². The second kappa shape index (κ2) is 5.93. The number of rotatable bonds is 2. The number of sulfonamides is 1. The molecule has 0 saturated carbocycles. The lowest BCUT2D eigenvalue weighted by Gasteiger charge is -2.21. The first kappa shape index (κ1) is 15.0. The second-order valence-corrected chi connectivity index (χ2v) is 6.78. The molecule has 1 aliphatic heterocycles. The number of carbonyl (C=O) groups is 1. The van der Waals surface area contributed by atoms with Crippen LogP contribution in [0.3, 0.4) is 0 Å². The highest BCUT2D eigenvalue weighted by Gasteiger charge is 2.24. The predicted octanol–water partition coefficient (Wildman–Crippen LogP) is 1.66. The summed E-state index contributed by atoms with van der Waals surface area (Å²) in [5, 5.41) is 5.21. The summed E-state index contributed by atoms with van der Waals surface area (Å²) in [5.41, 5.74) is 1.03. The van der Waals surface area contributed by atoms with Gasteiger partial charge in [-0.3, -0.25) is 4.79 Å². The van der Waals surface area contributed by atoms with E-state index in [0.717, 1.165) is 31.2 Å². The smallest absolute Gasteiger partial charge is 0.255 e. The monoisotopic (exact) mass is 296 g/mol. The number of nitrogens with two attached hydrogens (primary N) is 1. The minimum absolute atomic E-state index is 0.0858. The summed E-state index contributed by atoms with van der Waals surface area (Å²) in [7, 11) is -3.89. The van der Waals surface area contributed by atoms with Crippen molar-refractivity contribution in [3.05, 3.63) is 29.3 Å². The molecular weight excluding hydrogens is 276 g/mol. The molecule has 1 heterocycles.